The molecule has 1 aromatic rings. The topological polar surface area (TPSA) is 9.23 Å². The molecule has 0 heterocycles. The van der Waals surface area contributed by atoms with E-state index in [-0.39, 0.29) is 0 Å². The van der Waals surface area contributed by atoms with E-state index in [0.29, 0.717) is 12.0 Å². The Kier molecular flexibility index (Phi) is 4.97. The van der Waals surface area contributed by atoms with Crippen LogP contribution >= 0.6 is 27.5 Å². The van der Waals surface area contributed by atoms with Gasteiger partial charge in [-0.3, -0.25) is 0 Å². The lowest BCUT2D eigenvalue weighted by atomic mass is 9.80. The third-order valence-electron chi connectivity index (χ3n) is 3.99. The van der Waals surface area contributed by atoms with Crippen LogP contribution in [-0.2, 0) is 5.88 Å². The molecule has 0 N–H and O–H groups in total. The molecule has 0 bridgehead atoms. The first-order valence-electron chi connectivity index (χ1n) is 6.61. The Morgan fingerprint density at radius 2 is 2.06 bits per heavy atom. The first-order chi connectivity index (χ1) is 8.60. The van der Waals surface area contributed by atoms with Gasteiger partial charge in [0.25, 0.3) is 0 Å². The van der Waals surface area contributed by atoms with E-state index in [2.05, 4.69) is 29.8 Å². The summed E-state index contributed by atoms with van der Waals surface area (Å²) in [6.45, 7) is 4.66. The maximum atomic E-state index is 6.11. The summed E-state index contributed by atoms with van der Waals surface area (Å²) < 4.78 is 7.12. The Hall–Kier alpha value is -0.210. The molecule has 0 amide bonds. The fourth-order valence-electron chi connectivity index (χ4n) is 2.51. The number of benzene rings is 1. The highest BCUT2D eigenvalue weighted by molar-refractivity contribution is 9.10. The predicted octanol–water partition coefficient (Wildman–Crippen LogP) is 5.39. The molecule has 3 unspecified atom stereocenters. The zero-order chi connectivity index (χ0) is 13.1. The van der Waals surface area contributed by atoms with E-state index in [9.17, 15) is 0 Å². The van der Waals surface area contributed by atoms with E-state index in [1.54, 1.807) is 0 Å². The highest BCUT2D eigenvalue weighted by Gasteiger charge is 2.26. The maximum Gasteiger partial charge on any atom is 0.133 e. The van der Waals surface area contributed by atoms with Gasteiger partial charge in [0.15, 0.2) is 0 Å². The minimum atomic E-state index is 0.356. The van der Waals surface area contributed by atoms with Crippen molar-refractivity contribution in [1.82, 2.24) is 0 Å². The molecule has 3 heteroatoms. The Morgan fingerprint density at radius 3 is 2.67 bits per heavy atom. The third kappa shape index (κ3) is 3.42. The first-order valence-corrected chi connectivity index (χ1v) is 7.94. The van der Waals surface area contributed by atoms with E-state index in [1.165, 1.54) is 6.42 Å². The lowest BCUT2D eigenvalue weighted by Gasteiger charge is -2.32. The number of ether oxygens (including phenoxy) is 1. The van der Waals surface area contributed by atoms with Gasteiger partial charge in [-0.2, -0.15) is 0 Å². The molecule has 1 saturated carbocycles. The average molecular weight is 332 g/mol. The van der Waals surface area contributed by atoms with Gasteiger partial charge in [-0.1, -0.05) is 19.9 Å². The lowest BCUT2D eigenvalue weighted by Crippen LogP contribution is -2.28. The maximum absolute atomic E-state index is 6.11. The molecular formula is C15H20BrClO. The van der Waals surface area contributed by atoms with Crippen molar-refractivity contribution >= 4 is 27.5 Å². The Labute approximate surface area is 123 Å². The summed E-state index contributed by atoms with van der Waals surface area (Å²) >= 11 is 9.37. The van der Waals surface area contributed by atoms with Crippen LogP contribution < -0.4 is 4.74 Å². The Balaban J connectivity index is 2.01. The van der Waals surface area contributed by atoms with Gasteiger partial charge in [-0.15, -0.1) is 11.6 Å². The molecule has 1 aromatic carbocycles. The number of hydrogen-bond acceptors (Lipinski definition) is 1. The standard InChI is InChI=1S/C15H20BrClO/c1-10-3-5-13(7-11(10)2)18-15-6-4-12(9-17)8-14(15)16/h4,6,8,10-11,13H,3,5,7,9H2,1-2H3. The van der Waals surface area contributed by atoms with Crippen LogP contribution in [0.3, 0.4) is 0 Å². The van der Waals surface area contributed by atoms with Crippen molar-refractivity contribution in [1.29, 1.82) is 0 Å². The number of rotatable bonds is 3. The van der Waals surface area contributed by atoms with Crippen LogP contribution in [0.15, 0.2) is 22.7 Å². The van der Waals surface area contributed by atoms with Crippen LogP contribution in [0.1, 0.15) is 38.7 Å². The molecule has 0 saturated heterocycles. The molecule has 2 rings (SSSR count). The van der Waals surface area contributed by atoms with Crippen LogP contribution in [0.5, 0.6) is 5.75 Å². The molecule has 0 radical (unpaired) electrons. The van der Waals surface area contributed by atoms with Gasteiger partial charge in [-0.25, -0.2) is 0 Å². The van der Waals surface area contributed by atoms with Gasteiger partial charge in [-0.05, 0) is 64.7 Å². The van der Waals surface area contributed by atoms with Gasteiger partial charge in [0.05, 0.1) is 10.6 Å². The summed E-state index contributed by atoms with van der Waals surface area (Å²) in [4.78, 5) is 0. The highest BCUT2D eigenvalue weighted by Crippen LogP contribution is 2.34. The molecule has 0 aromatic heterocycles. The van der Waals surface area contributed by atoms with Crippen LogP contribution in [0.2, 0.25) is 0 Å². The van der Waals surface area contributed by atoms with Crippen LogP contribution in [0.25, 0.3) is 0 Å². The van der Waals surface area contributed by atoms with Crippen molar-refractivity contribution in [2.45, 2.75) is 45.1 Å². The van der Waals surface area contributed by atoms with Crippen molar-refractivity contribution in [3.8, 4) is 5.75 Å². The van der Waals surface area contributed by atoms with Gasteiger partial charge < -0.3 is 4.74 Å². The minimum Gasteiger partial charge on any atom is -0.489 e. The molecule has 1 aliphatic carbocycles. The zero-order valence-electron chi connectivity index (χ0n) is 11.0. The SMILES string of the molecule is CC1CCC(Oc2ccc(CCl)cc2Br)CC1C. The number of halogens is 2. The largest absolute Gasteiger partial charge is 0.489 e. The lowest BCUT2D eigenvalue weighted by molar-refractivity contribution is 0.0999. The Bertz CT molecular complexity index is 407. The van der Waals surface area contributed by atoms with Gasteiger partial charge >= 0.3 is 0 Å². The normalized spacial score (nSPS) is 28.1. The van der Waals surface area contributed by atoms with Gasteiger partial charge in [0.2, 0.25) is 0 Å². The fraction of sp³-hybridized carbons (Fsp3) is 0.600. The molecule has 3 atom stereocenters. The molecule has 100 valence electrons. The molecule has 0 spiro atoms. The molecule has 1 aliphatic rings. The van der Waals surface area contributed by atoms with Crippen molar-refractivity contribution in [2.75, 3.05) is 0 Å². The van der Waals surface area contributed by atoms with Crippen LogP contribution in [0, 0.1) is 11.8 Å². The van der Waals surface area contributed by atoms with E-state index >= 15 is 0 Å². The summed E-state index contributed by atoms with van der Waals surface area (Å²) in [7, 11) is 0. The average Bonchev–Trinajstić information content (AvgIpc) is 2.36. The molecular weight excluding hydrogens is 312 g/mol. The summed E-state index contributed by atoms with van der Waals surface area (Å²) in [5.41, 5.74) is 1.11. The smallest absolute Gasteiger partial charge is 0.133 e. The summed E-state index contributed by atoms with van der Waals surface area (Å²) in [6, 6.07) is 6.09. The van der Waals surface area contributed by atoms with Crippen molar-refractivity contribution < 1.29 is 4.74 Å². The molecule has 1 fully saturated rings. The van der Waals surface area contributed by atoms with E-state index in [4.69, 9.17) is 16.3 Å². The zero-order valence-corrected chi connectivity index (χ0v) is 13.3. The van der Waals surface area contributed by atoms with E-state index < -0.39 is 0 Å². The van der Waals surface area contributed by atoms with Crippen LogP contribution in [0.4, 0.5) is 0 Å². The van der Waals surface area contributed by atoms with Gasteiger partial charge in [0.1, 0.15) is 5.75 Å². The monoisotopic (exact) mass is 330 g/mol. The second-order valence-electron chi connectivity index (χ2n) is 5.41. The first kappa shape index (κ1) is 14.2. The third-order valence-corrected chi connectivity index (χ3v) is 4.92. The van der Waals surface area contributed by atoms with Crippen molar-refractivity contribution in [3.63, 3.8) is 0 Å². The molecule has 18 heavy (non-hydrogen) atoms. The number of alkyl halides is 1. The fourth-order valence-corrected chi connectivity index (χ4v) is 3.19. The number of hydrogen-bond donors (Lipinski definition) is 0. The minimum absolute atomic E-state index is 0.356. The predicted molar refractivity (Wildman–Crippen MR) is 80.3 cm³/mol. The molecule has 0 aliphatic heterocycles. The van der Waals surface area contributed by atoms with Crippen LogP contribution in [-0.4, -0.2) is 6.10 Å². The second-order valence-corrected chi connectivity index (χ2v) is 6.53. The summed E-state index contributed by atoms with van der Waals surface area (Å²) in [6.07, 6.45) is 3.94. The summed E-state index contributed by atoms with van der Waals surface area (Å²) in [5.74, 6) is 3.06. The van der Waals surface area contributed by atoms with Crippen molar-refractivity contribution in [2.24, 2.45) is 11.8 Å². The van der Waals surface area contributed by atoms with Crippen molar-refractivity contribution in [3.05, 3.63) is 28.2 Å². The summed E-state index contributed by atoms with van der Waals surface area (Å²) in [5, 5.41) is 0. The van der Waals surface area contributed by atoms with E-state index in [1.807, 2.05) is 18.2 Å². The Morgan fingerprint density at radius 1 is 1.28 bits per heavy atom. The quantitative estimate of drug-likeness (QED) is 0.675. The van der Waals surface area contributed by atoms with E-state index in [0.717, 1.165) is 40.5 Å². The second kappa shape index (κ2) is 6.29. The van der Waals surface area contributed by atoms with Gasteiger partial charge in [0, 0.05) is 5.88 Å². The molecule has 1 nitrogen and oxygen atoms in total. The highest BCUT2D eigenvalue weighted by atomic mass is 79.9.